The molecule has 4 nitrogen and oxygen atoms in total. The summed E-state index contributed by atoms with van der Waals surface area (Å²) in [5.74, 6) is 0.109. The molecule has 5 heteroatoms. The van der Waals surface area contributed by atoms with Crippen molar-refractivity contribution in [2.45, 2.75) is 6.92 Å². The van der Waals surface area contributed by atoms with Crippen LogP contribution in [-0.2, 0) is 0 Å². The minimum atomic E-state index is -0.354. The summed E-state index contributed by atoms with van der Waals surface area (Å²) in [6, 6.07) is 11.6. The van der Waals surface area contributed by atoms with E-state index in [1.54, 1.807) is 24.3 Å². The van der Waals surface area contributed by atoms with E-state index < -0.39 is 0 Å². The normalized spacial score (nSPS) is 10.0. The zero-order valence-corrected chi connectivity index (χ0v) is 11.9. The van der Waals surface area contributed by atoms with Crippen molar-refractivity contribution in [1.82, 2.24) is 0 Å². The predicted octanol–water partition coefficient (Wildman–Crippen LogP) is 4.11. The van der Waals surface area contributed by atoms with Gasteiger partial charge in [-0.2, -0.15) is 0 Å². The molecular weight excluding hydrogens is 308 g/mol. The predicted molar refractivity (Wildman–Crippen MR) is 79.6 cm³/mol. The summed E-state index contributed by atoms with van der Waals surface area (Å²) in [7, 11) is 0. The highest BCUT2D eigenvalue weighted by atomic mass is 79.9. The van der Waals surface area contributed by atoms with Crippen molar-refractivity contribution in [2.75, 3.05) is 10.6 Å². The summed E-state index contributed by atoms with van der Waals surface area (Å²) in [6.45, 7) is 1.95. The van der Waals surface area contributed by atoms with Crippen LogP contribution in [0, 0.1) is 6.92 Å². The summed E-state index contributed by atoms with van der Waals surface area (Å²) in [5.41, 5.74) is 2.28. The van der Waals surface area contributed by atoms with Gasteiger partial charge in [-0.3, -0.25) is 0 Å². The topological polar surface area (TPSA) is 61.4 Å². The van der Waals surface area contributed by atoms with E-state index in [2.05, 4.69) is 26.6 Å². The third kappa shape index (κ3) is 3.72. The smallest absolute Gasteiger partial charge is 0.323 e. The first-order valence-electron chi connectivity index (χ1n) is 5.68. The molecule has 0 saturated carbocycles. The van der Waals surface area contributed by atoms with Gasteiger partial charge in [0.15, 0.2) is 0 Å². The van der Waals surface area contributed by atoms with Crippen LogP contribution in [0.4, 0.5) is 16.2 Å². The summed E-state index contributed by atoms with van der Waals surface area (Å²) in [5, 5.41) is 14.7. The number of carbonyl (C=O) groups excluding carboxylic acids is 1. The maximum absolute atomic E-state index is 11.8. The zero-order chi connectivity index (χ0) is 13.8. The number of phenols is 1. The first-order chi connectivity index (χ1) is 9.04. The number of anilines is 2. The Morgan fingerprint density at radius 2 is 1.79 bits per heavy atom. The van der Waals surface area contributed by atoms with Gasteiger partial charge in [-0.15, -0.1) is 0 Å². The van der Waals surface area contributed by atoms with Crippen LogP contribution in [-0.4, -0.2) is 11.1 Å². The van der Waals surface area contributed by atoms with Crippen molar-refractivity contribution < 1.29 is 9.90 Å². The quantitative estimate of drug-likeness (QED) is 0.779. The Balaban J connectivity index is 2.03. The van der Waals surface area contributed by atoms with Gasteiger partial charge < -0.3 is 15.7 Å². The second-order valence-electron chi connectivity index (χ2n) is 4.09. The van der Waals surface area contributed by atoms with Crippen molar-refractivity contribution in [3.05, 3.63) is 52.5 Å². The Kier molecular flexibility index (Phi) is 4.06. The highest BCUT2D eigenvalue weighted by Crippen LogP contribution is 2.20. The van der Waals surface area contributed by atoms with Crippen LogP contribution in [0.2, 0.25) is 0 Å². The second kappa shape index (κ2) is 5.75. The van der Waals surface area contributed by atoms with E-state index >= 15 is 0 Å². The molecular formula is C14H13BrN2O2. The lowest BCUT2D eigenvalue weighted by molar-refractivity contribution is 0.262. The Morgan fingerprint density at radius 1 is 1.11 bits per heavy atom. The van der Waals surface area contributed by atoms with E-state index in [1.807, 2.05) is 19.1 Å². The number of benzene rings is 2. The summed E-state index contributed by atoms with van der Waals surface area (Å²) in [6.07, 6.45) is 0. The molecule has 2 aromatic rings. The average Bonchev–Trinajstić information content (AvgIpc) is 2.34. The summed E-state index contributed by atoms with van der Waals surface area (Å²) >= 11 is 3.40. The van der Waals surface area contributed by atoms with E-state index in [0.717, 1.165) is 10.0 Å². The van der Waals surface area contributed by atoms with Crippen molar-refractivity contribution in [3.63, 3.8) is 0 Å². The second-order valence-corrected chi connectivity index (χ2v) is 4.95. The van der Waals surface area contributed by atoms with Crippen LogP contribution in [0.25, 0.3) is 0 Å². The van der Waals surface area contributed by atoms with Crippen molar-refractivity contribution in [1.29, 1.82) is 0 Å². The number of hydrogen-bond donors (Lipinski definition) is 3. The number of aryl methyl sites for hydroxylation is 1. The molecule has 0 aliphatic heterocycles. The molecule has 0 spiro atoms. The van der Waals surface area contributed by atoms with Gasteiger partial charge in [0.25, 0.3) is 0 Å². The number of phenolic OH excluding ortho intramolecular Hbond substituents is 1. The van der Waals surface area contributed by atoms with Crippen molar-refractivity contribution in [3.8, 4) is 5.75 Å². The molecule has 98 valence electrons. The number of hydrogen-bond acceptors (Lipinski definition) is 2. The lowest BCUT2D eigenvalue weighted by Crippen LogP contribution is -2.19. The minimum absolute atomic E-state index is 0.109. The molecule has 2 rings (SSSR count). The van der Waals surface area contributed by atoms with Crippen LogP contribution >= 0.6 is 15.9 Å². The molecule has 0 unspecified atom stereocenters. The fourth-order valence-electron chi connectivity index (χ4n) is 1.60. The molecule has 0 fully saturated rings. The summed E-state index contributed by atoms with van der Waals surface area (Å²) < 4.78 is 0.992. The van der Waals surface area contributed by atoms with Crippen LogP contribution in [0.5, 0.6) is 5.75 Å². The SMILES string of the molecule is Cc1cc(NC(=O)Nc2cccc(O)c2)ccc1Br. The van der Waals surface area contributed by atoms with Crippen molar-refractivity contribution >= 4 is 33.3 Å². The van der Waals surface area contributed by atoms with Gasteiger partial charge >= 0.3 is 6.03 Å². The maximum atomic E-state index is 11.8. The van der Waals surface area contributed by atoms with Crippen LogP contribution in [0.1, 0.15) is 5.56 Å². The molecule has 0 saturated heterocycles. The molecule has 2 aromatic carbocycles. The van der Waals surface area contributed by atoms with Gasteiger partial charge in [0.05, 0.1) is 0 Å². The monoisotopic (exact) mass is 320 g/mol. The largest absolute Gasteiger partial charge is 0.508 e. The number of amides is 2. The highest BCUT2D eigenvalue weighted by molar-refractivity contribution is 9.10. The molecule has 19 heavy (non-hydrogen) atoms. The van der Waals surface area contributed by atoms with E-state index in [0.29, 0.717) is 11.4 Å². The van der Waals surface area contributed by atoms with Crippen molar-refractivity contribution in [2.24, 2.45) is 0 Å². The minimum Gasteiger partial charge on any atom is -0.508 e. The van der Waals surface area contributed by atoms with E-state index in [1.165, 1.54) is 6.07 Å². The molecule has 2 amide bonds. The number of urea groups is 1. The lowest BCUT2D eigenvalue weighted by Gasteiger charge is -2.09. The highest BCUT2D eigenvalue weighted by Gasteiger charge is 2.04. The van der Waals surface area contributed by atoms with Gasteiger partial charge in [-0.05, 0) is 42.8 Å². The molecule has 0 heterocycles. The standard InChI is InChI=1S/C14H13BrN2O2/c1-9-7-11(5-6-13(9)15)17-14(19)16-10-3-2-4-12(18)8-10/h2-8,18H,1H3,(H2,16,17,19). The molecule has 0 aliphatic rings. The fourth-order valence-corrected chi connectivity index (χ4v) is 1.85. The average molecular weight is 321 g/mol. The van der Waals surface area contributed by atoms with Crippen LogP contribution in [0.15, 0.2) is 46.9 Å². The van der Waals surface area contributed by atoms with E-state index in [4.69, 9.17) is 0 Å². The molecule has 0 aliphatic carbocycles. The molecule has 0 atom stereocenters. The van der Waals surface area contributed by atoms with Gasteiger partial charge in [0, 0.05) is 21.9 Å². The Bertz CT molecular complexity index is 614. The Hall–Kier alpha value is -2.01. The molecule has 3 N–H and O–H groups in total. The molecule has 0 bridgehead atoms. The van der Waals surface area contributed by atoms with Gasteiger partial charge in [0.1, 0.15) is 5.75 Å². The van der Waals surface area contributed by atoms with Gasteiger partial charge in [-0.25, -0.2) is 4.79 Å². The molecule has 0 aromatic heterocycles. The van der Waals surface area contributed by atoms with Gasteiger partial charge in [-0.1, -0.05) is 22.0 Å². The third-order valence-electron chi connectivity index (χ3n) is 2.52. The third-order valence-corrected chi connectivity index (χ3v) is 3.41. The Morgan fingerprint density at radius 3 is 2.42 bits per heavy atom. The number of halogens is 1. The zero-order valence-electron chi connectivity index (χ0n) is 10.3. The van der Waals surface area contributed by atoms with Gasteiger partial charge in [0.2, 0.25) is 0 Å². The van der Waals surface area contributed by atoms with E-state index in [-0.39, 0.29) is 11.8 Å². The first-order valence-corrected chi connectivity index (χ1v) is 6.47. The first kappa shape index (κ1) is 13.4. The number of rotatable bonds is 2. The fraction of sp³-hybridized carbons (Fsp3) is 0.0714. The number of carbonyl (C=O) groups is 1. The Labute approximate surface area is 119 Å². The number of nitrogens with one attached hydrogen (secondary N) is 2. The summed E-state index contributed by atoms with van der Waals surface area (Å²) in [4.78, 5) is 11.8. The maximum Gasteiger partial charge on any atom is 0.323 e. The molecule has 0 radical (unpaired) electrons. The van der Waals surface area contributed by atoms with Crippen LogP contribution in [0.3, 0.4) is 0 Å². The lowest BCUT2D eigenvalue weighted by atomic mass is 10.2. The van der Waals surface area contributed by atoms with E-state index in [9.17, 15) is 9.90 Å². The van der Waals surface area contributed by atoms with Crippen LogP contribution < -0.4 is 10.6 Å². The number of aromatic hydroxyl groups is 1.